The third kappa shape index (κ3) is 6.23. The van der Waals surface area contributed by atoms with Gasteiger partial charge in [-0.25, -0.2) is 12.7 Å². The normalized spacial score (nSPS) is 22.5. The van der Waals surface area contributed by atoms with Crippen molar-refractivity contribution in [2.45, 2.75) is 71.3 Å². The van der Waals surface area contributed by atoms with Crippen molar-refractivity contribution in [2.75, 3.05) is 38.7 Å². The number of likely N-dealkylation sites (tertiary alicyclic amines) is 1. The molecule has 3 atom stereocenters. The van der Waals surface area contributed by atoms with Crippen molar-refractivity contribution in [3.8, 4) is 11.5 Å². The summed E-state index contributed by atoms with van der Waals surface area (Å²) >= 11 is 0. The minimum atomic E-state index is -3.32. The summed E-state index contributed by atoms with van der Waals surface area (Å²) < 4.78 is 38.5. The molecular formula is C25H40N2O6S. The van der Waals surface area contributed by atoms with Gasteiger partial charge in [-0.15, -0.1) is 0 Å². The fourth-order valence-corrected chi connectivity index (χ4v) is 6.90. The van der Waals surface area contributed by atoms with Crippen LogP contribution in [0.3, 0.4) is 0 Å². The summed E-state index contributed by atoms with van der Waals surface area (Å²) in [5.74, 6) is -0.0401. The van der Waals surface area contributed by atoms with Crippen molar-refractivity contribution in [1.29, 1.82) is 0 Å². The molecule has 1 aromatic rings. The number of hydrogen-bond acceptors (Lipinski definition) is 6. The number of benzene rings is 1. The van der Waals surface area contributed by atoms with Gasteiger partial charge in [-0.1, -0.05) is 46.1 Å². The first kappa shape index (κ1) is 26.8. The van der Waals surface area contributed by atoms with E-state index in [1.807, 2.05) is 25.1 Å². The molecule has 1 aromatic carbocycles. The van der Waals surface area contributed by atoms with Crippen LogP contribution in [0.5, 0.6) is 11.5 Å². The molecule has 1 N–H and O–H groups in total. The van der Waals surface area contributed by atoms with Crippen molar-refractivity contribution in [1.82, 2.24) is 9.21 Å². The zero-order valence-corrected chi connectivity index (χ0v) is 21.6. The number of hydrogen-bond donors (Lipinski definition) is 1. The Morgan fingerprint density at radius 1 is 1.09 bits per heavy atom. The first-order valence-corrected chi connectivity index (χ1v) is 14.3. The van der Waals surface area contributed by atoms with Gasteiger partial charge >= 0.3 is 5.97 Å². The zero-order valence-electron chi connectivity index (χ0n) is 20.7. The summed E-state index contributed by atoms with van der Waals surface area (Å²) in [5, 5.41) is 10.2. The Morgan fingerprint density at radius 3 is 2.53 bits per heavy atom. The van der Waals surface area contributed by atoms with Gasteiger partial charge in [0.15, 0.2) is 11.5 Å². The van der Waals surface area contributed by atoms with Gasteiger partial charge in [-0.2, -0.15) is 0 Å². The van der Waals surface area contributed by atoms with Crippen molar-refractivity contribution >= 4 is 16.0 Å². The highest BCUT2D eigenvalue weighted by Gasteiger charge is 2.46. The topological polar surface area (TPSA) is 96.4 Å². The molecule has 2 heterocycles. The molecule has 0 spiro atoms. The fourth-order valence-electron chi connectivity index (χ4n) is 5.25. The van der Waals surface area contributed by atoms with Crippen LogP contribution in [-0.4, -0.2) is 73.5 Å². The highest BCUT2D eigenvalue weighted by molar-refractivity contribution is 7.89. The second-order valence-electron chi connectivity index (χ2n) is 9.36. The minimum Gasteiger partial charge on any atom is -0.481 e. The highest BCUT2D eigenvalue weighted by Crippen LogP contribution is 2.42. The molecular weight excluding hydrogens is 456 g/mol. The van der Waals surface area contributed by atoms with Gasteiger partial charge in [-0.3, -0.25) is 9.69 Å². The summed E-state index contributed by atoms with van der Waals surface area (Å²) in [5.41, 5.74) is 0.929. The molecule has 8 nitrogen and oxygen atoms in total. The van der Waals surface area contributed by atoms with E-state index in [-0.39, 0.29) is 24.5 Å². The molecule has 1 fully saturated rings. The van der Waals surface area contributed by atoms with Crippen molar-refractivity contribution in [2.24, 2.45) is 5.92 Å². The lowest BCUT2D eigenvalue weighted by atomic mass is 9.84. The Hall–Kier alpha value is -1.84. The monoisotopic (exact) mass is 496 g/mol. The maximum atomic E-state index is 13.0. The van der Waals surface area contributed by atoms with Crippen LogP contribution in [0, 0.1) is 5.92 Å². The summed E-state index contributed by atoms with van der Waals surface area (Å²) in [7, 11) is -3.32. The second-order valence-corrected chi connectivity index (χ2v) is 11.4. The first-order valence-electron chi connectivity index (χ1n) is 12.7. The van der Waals surface area contributed by atoms with Gasteiger partial charge in [0.2, 0.25) is 16.8 Å². The van der Waals surface area contributed by atoms with E-state index in [1.54, 1.807) is 4.31 Å². The molecule has 0 radical (unpaired) electrons. The number of aliphatic carboxylic acids is 1. The van der Waals surface area contributed by atoms with Crippen molar-refractivity contribution in [3.05, 3.63) is 23.8 Å². The van der Waals surface area contributed by atoms with Crippen LogP contribution in [0.2, 0.25) is 0 Å². The summed E-state index contributed by atoms with van der Waals surface area (Å²) in [6.07, 6.45) is 4.94. The molecule has 0 saturated carbocycles. The predicted molar refractivity (Wildman–Crippen MR) is 132 cm³/mol. The van der Waals surface area contributed by atoms with Crippen molar-refractivity contribution in [3.63, 3.8) is 0 Å². The molecule has 0 bridgehead atoms. The zero-order chi connectivity index (χ0) is 24.7. The minimum absolute atomic E-state index is 0.135. The van der Waals surface area contributed by atoms with E-state index in [4.69, 9.17) is 9.47 Å². The molecule has 9 heteroatoms. The van der Waals surface area contributed by atoms with Crippen LogP contribution in [0.25, 0.3) is 0 Å². The molecule has 2 aliphatic rings. The lowest BCUT2D eigenvalue weighted by molar-refractivity contribution is -0.143. The lowest BCUT2D eigenvalue weighted by Crippen LogP contribution is -2.43. The quantitative estimate of drug-likeness (QED) is 0.390. The van der Waals surface area contributed by atoms with Crippen LogP contribution in [0.15, 0.2) is 18.2 Å². The van der Waals surface area contributed by atoms with E-state index >= 15 is 0 Å². The number of sulfonamides is 1. The Labute approximate surface area is 204 Å². The number of fused-ring (bicyclic) bond motifs is 1. The van der Waals surface area contributed by atoms with Gasteiger partial charge in [-0.05, 0) is 37.0 Å². The Bertz CT molecular complexity index is 922. The van der Waals surface area contributed by atoms with E-state index in [0.29, 0.717) is 44.1 Å². The highest BCUT2D eigenvalue weighted by atomic mass is 32.2. The van der Waals surface area contributed by atoms with E-state index in [2.05, 4.69) is 18.7 Å². The van der Waals surface area contributed by atoms with Gasteiger partial charge in [0.05, 0.1) is 11.7 Å². The Morgan fingerprint density at radius 2 is 1.85 bits per heavy atom. The van der Waals surface area contributed by atoms with Crippen LogP contribution >= 0.6 is 0 Å². The SMILES string of the molecule is CCCCCS(=O)(=O)N(CCC)CCN1CC(c2ccc3c(c2)OCO3)C(C(=O)O)C1CCC. The molecule has 3 rings (SSSR count). The van der Waals surface area contributed by atoms with Crippen LogP contribution in [0.4, 0.5) is 0 Å². The molecule has 192 valence electrons. The third-order valence-electron chi connectivity index (χ3n) is 6.95. The average molecular weight is 497 g/mol. The number of carboxylic acid groups (broad SMARTS) is 1. The van der Waals surface area contributed by atoms with Crippen LogP contribution < -0.4 is 9.47 Å². The maximum absolute atomic E-state index is 13.0. The molecule has 1 saturated heterocycles. The van der Waals surface area contributed by atoms with Gasteiger partial charge in [0.1, 0.15) is 0 Å². The predicted octanol–water partition coefficient (Wildman–Crippen LogP) is 3.92. The smallest absolute Gasteiger partial charge is 0.308 e. The Balaban J connectivity index is 1.78. The number of carbonyl (C=O) groups is 1. The van der Waals surface area contributed by atoms with E-state index in [1.165, 1.54) is 0 Å². The number of ether oxygens (including phenoxy) is 2. The average Bonchev–Trinajstić information content (AvgIpc) is 3.41. The standard InChI is InChI=1S/C25H40N2O6S/c1-4-7-8-15-34(30,31)27(12-6-3)14-13-26-17-20(24(25(28)29)21(26)9-5-2)19-10-11-22-23(16-19)33-18-32-22/h10-11,16,20-21,24H,4-9,12-15,17-18H2,1-3H3,(H,28,29). The summed E-state index contributed by atoms with van der Waals surface area (Å²) in [6, 6.07) is 5.54. The summed E-state index contributed by atoms with van der Waals surface area (Å²) in [6.45, 7) is 8.29. The number of nitrogens with zero attached hydrogens (tertiary/aromatic N) is 2. The van der Waals surface area contributed by atoms with Crippen LogP contribution in [0.1, 0.15) is 70.8 Å². The largest absolute Gasteiger partial charge is 0.481 e. The van der Waals surface area contributed by atoms with Gasteiger partial charge in [0, 0.05) is 38.1 Å². The molecule has 0 aliphatic carbocycles. The maximum Gasteiger partial charge on any atom is 0.308 e. The third-order valence-corrected chi connectivity index (χ3v) is 8.91. The second kappa shape index (κ2) is 12.2. The number of carboxylic acids is 1. The molecule has 0 amide bonds. The molecule has 0 aromatic heterocycles. The van der Waals surface area contributed by atoms with E-state index in [0.717, 1.165) is 37.7 Å². The first-order chi connectivity index (χ1) is 16.3. The molecule has 2 aliphatic heterocycles. The summed E-state index contributed by atoms with van der Waals surface area (Å²) in [4.78, 5) is 14.6. The van der Waals surface area contributed by atoms with E-state index < -0.39 is 21.9 Å². The lowest BCUT2D eigenvalue weighted by Gasteiger charge is -2.29. The van der Waals surface area contributed by atoms with Crippen LogP contribution in [-0.2, 0) is 14.8 Å². The fraction of sp³-hybridized carbons (Fsp3) is 0.720. The van der Waals surface area contributed by atoms with Crippen molar-refractivity contribution < 1.29 is 27.8 Å². The molecule has 34 heavy (non-hydrogen) atoms. The van der Waals surface area contributed by atoms with Gasteiger partial charge in [0.25, 0.3) is 0 Å². The van der Waals surface area contributed by atoms with Gasteiger partial charge < -0.3 is 14.6 Å². The Kier molecular flexibility index (Phi) is 9.62. The molecule has 3 unspecified atom stereocenters. The van der Waals surface area contributed by atoms with E-state index in [9.17, 15) is 18.3 Å². The number of rotatable bonds is 14. The number of unbranched alkanes of at least 4 members (excludes halogenated alkanes) is 2.